The van der Waals surface area contributed by atoms with Gasteiger partial charge in [0, 0.05) is 62.5 Å². The van der Waals surface area contributed by atoms with E-state index < -0.39 is 0 Å². The van der Waals surface area contributed by atoms with Gasteiger partial charge in [0.1, 0.15) is 0 Å². The number of nitrogens with zero attached hydrogens (tertiary/aromatic N) is 2. The maximum Gasteiger partial charge on any atom is 0.189 e. The van der Waals surface area contributed by atoms with Crippen molar-refractivity contribution in [2.75, 3.05) is 39.3 Å². The molecular weight excluding hydrogens is 312 g/mol. The van der Waals surface area contributed by atoms with Crippen molar-refractivity contribution in [1.29, 1.82) is 0 Å². The fourth-order valence-electron chi connectivity index (χ4n) is 4.28. The lowest BCUT2D eigenvalue weighted by atomic mass is 10.0. The maximum absolute atomic E-state index is 12.6. The zero-order valence-electron chi connectivity index (χ0n) is 15.3. The van der Waals surface area contributed by atoms with Gasteiger partial charge in [0.15, 0.2) is 5.43 Å². The molecule has 0 radical (unpaired) electrons. The van der Waals surface area contributed by atoms with Gasteiger partial charge in [0.2, 0.25) is 0 Å². The first kappa shape index (κ1) is 16.8. The first-order valence-electron chi connectivity index (χ1n) is 9.41. The SMILES string of the molecule is Cc1ccc(C)c2c(=O)cc(CN3CCN([C@H]4CCNC4)CC3)[nH]c12. The summed E-state index contributed by atoms with van der Waals surface area (Å²) in [6.45, 7) is 11.6. The highest BCUT2D eigenvalue weighted by Crippen LogP contribution is 2.19. The van der Waals surface area contributed by atoms with E-state index in [1.54, 1.807) is 6.07 Å². The van der Waals surface area contributed by atoms with Crippen LogP contribution < -0.4 is 10.7 Å². The predicted octanol–water partition coefficient (Wildman–Crippen LogP) is 1.62. The molecule has 1 aromatic carbocycles. The first-order valence-corrected chi connectivity index (χ1v) is 9.41. The molecule has 0 amide bonds. The highest BCUT2D eigenvalue weighted by molar-refractivity contribution is 5.84. The summed E-state index contributed by atoms with van der Waals surface area (Å²) in [6.07, 6.45) is 1.27. The summed E-state index contributed by atoms with van der Waals surface area (Å²) >= 11 is 0. The smallest absolute Gasteiger partial charge is 0.189 e. The molecule has 4 rings (SSSR count). The van der Waals surface area contributed by atoms with E-state index in [-0.39, 0.29) is 5.43 Å². The minimum Gasteiger partial charge on any atom is -0.357 e. The Morgan fingerprint density at radius 2 is 1.88 bits per heavy atom. The lowest BCUT2D eigenvalue weighted by molar-refractivity contribution is 0.0974. The number of hydrogen-bond acceptors (Lipinski definition) is 4. The summed E-state index contributed by atoms with van der Waals surface area (Å²) in [5.74, 6) is 0. The van der Waals surface area contributed by atoms with Crippen LogP contribution in [-0.4, -0.2) is 60.1 Å². The van der Waals surface area contributed by atoms with Crippen LogP contribution in [0.4, 0.5) is 0 Å². The van der Waals surface area contributed by atoms with Crippen molar-refractivity contribution in [3.63, 3.8) is 0 Å². The number of aromatic amines is 1. The molecule has 5 heteroatoms. The number of piperazine rings is 1. The molecule has 1 aromatic heterocycles. The highest BCUT2D eigenvalue weighted by atomic mass is 16.1. The number of H-pyrrole nitrogens is 1. The van der Waals surface area contributed by atoms with Gasteiger partial charge in [-0.25, -0.2) is 0 Å². The third-order valence-electron chi connectivity index (χ3n) is 5.81. The van der Waals surface area contributed by atoms with Crippen LogP contribution in [0.15, 0.2) is 23.0 Å². The molecule has 25 heavy (non-hydrogen) atoms. The molecule has 3 heterocycles. The van der Waals surface area contributed by atoms with Crippen LogP contribution in [-0.2, 0) is 6.54 Å². The van der Waals surface area contributed by atoms with E-state index in [9.17, 15) is 4.79 Å². The number of benzene rings is 1. The van der Waals surface area contributed by atoms with Crippen LogP contribution >= 0.6 is 0 Å². The zero-order chi connectivity index (χ0) is 17.4. The minimum absolute atomic E-state index is 0.139. The van der Waals surface area contributed by atoms with Crippen LogP contribution in [0, 0.1) is 13.8 Å². The second-order valence-corrected chi connectivity index (χ2v) is 7.57. The summed E-state index contributed by atoms with van der Waals surface area (Å²) < 4.78 is 0. The van der Waals surface area contributed by atoms with Gasteiger partial charge in [0.25, 0.3) is 0 Å². The molecule has 134 valence electrons. The van der Waals surface area contributed by atoms with Gasteiger partial charge in [0.05, 0.1) is 5.52 Å². The Morgan fingerprint density at radius 3 is 2.60 bits per heavy atom. The van der Waals surface area contributed by atoms with Crippen molar-refractivity contribution in [2.24, 2.45) is 0 Å². The van der Waals surface area contributed by atoms with Gasteiger partial charge < -0.3 is 10.3 Å². The minimum atomic E-state index is 0.139. The molecule has 2 fully saturated rings. The van der Waals surface area contributed by atoms with Gasteiger partial charge in [-0.15, -0.1) is 0 Å². The standard InChI is InChI=1S/C20H28N4O/c1-14-3-4-15(2)20-19(14)18(25)11-16(22-20)13-23-7-9-24(10-8-23)17-5-6-21-12-17/h3-4,11,17,21H,5-10,12-13H2,1-2H3,(H,22,25)/t17-/m0/s1. The van der Waals surface area contributed by atoms with E-state index in [1.165, 1.54) is 6.42 Å². The second-order valence-electron chi connectivity index (χ2n) is 7.57. The topological polar surface area (TPSA) is 51.4 Å². The van der Waals surface area contributed by atoms with Crippen molar-refractivity contribution in [3.8, 4) is 0 Å². The number of nitrogens with one attached hydrogen (secondary N) is 2. The van der Waals surface area contributed by atoms with E-state index in [0.29, 0.717) is 6.04 Å². The average molecular weight is 340 g/mol. The van der Waals surface area contributed by atoms with Crippen molar-refractivity contribution >= 4 is 10.9 Å². The molecule has 2 N–H and O–H groups in total. The molecule has 5 nitrogen and oxygen atoms in total. The second kappa shape index (κ2) is 6.90. The first-order chi connectivity index (χ1) is 12.1. The average Bonchev–Trinajstić information content (AvgIpc) is 3.13. The highest BCUT2D eigenvalue weighted by Gasteiger charge is 2.26. The summed E-state index contributed by atoms with van der Waals surface area (Å²) in [4.78, 5) is 21.2. The number of pyridine rings is 1. The van der Waals surface area contributed by atoms with Crippen molar-refractivity contribution in [2.45, 2.75) is 32.9 Å². The van der Waals surface area contributed by atoms with Crippen LogP contribution in [0.5, 0.6) is 0 Å². The van der Waals surface area contributed by atoms with Gasteiger partial charge in [-0.05, 0) is 37.9 Å². The van der Waals surface area contributed by atoms with Crippen molar-refractivity contribution < 1.29 is 0 Å². The summed E-state index contributed by atoms with van der Waals surface area (Å²) in [6, 6.07) is 6.63. The number of aromatic nitrogens is 1. The fourth-order valence-corrected chi connectivity index (χ4v) is 4.28. The number of aryl methyl sites for hydroxylation is 2. The Bertz CT molecular complexity index is 814. The summed E-state index contributed by atoms with van der Waals surface area (Å²) in [5, 5.41) is 4.29. The molecule has 2 aromatic rings. The Kier molecular flexibility index (Phi) is 4.63. The summed E-state index contributed by atoms with van der Waals surface area (Å²) in [5.41, 5.74) is 4.35. The molecule has 1 atom stereocenters. The normalized spacial score (nSPS) is 22.7. The molecule has 2 aliphatic heterocycles. The summed E-state index contributed by atoms with van der Waals surface area (Å²) in [7, 11) is 0. The lowest BCUT2D eigenvalue weighted by Gasteiger charge is -2.37. The Labute approximate surface area is 149 Å². The van der Waals surface area contributed by atoms with E-state index >= 15 is 0 Å². The zero-order valence-corrected chi connectivity index (χ0v) is 15.3. The van der Waals surface area contributed by atoms with E-state index in [0.717, 1.165) is 73.5 Å². The largest absolute Gasteiger partial charge is 0.357 e. The molecule has 0 spiro atoms. The van der Waals surface area contributed by atoms with Gasteiger partial charge in [-0.1, -0.05) is 12.1 Å². The third-order valence-corrected chi connectivity index (χ3v) is 5.81. The number of rotatable bonds is 3. The third kappa shape index (κ3) is 3.36. The van der Waals surface area contributed by atoms with Crippen LogP contribution in [0.25, 0.3) is 10.9 Å². The Morgan fingerprint density at radius 1 is 1.12 bits per heavy atom. The van der Waals surface area contributed by atoms with E-state index in [2.05, 4.69) is 33.1 Å². The van der Waals surface area contributed by atoms with Crippen LogP contribution in [0.2, 0.25) is 0 Å². The molecular formula is C20H28N4O. The molecule has 0 unspecified atom stereocenters. The van der Waals surface area contributed by atoms with Gasteiger partial charge >= 0.3 is 0 Å². The Hall–Kier alpha value is -1.69. The van der Waals surface area contributed by atoms with Crippen molar-refractivity contribution in [3.05, 3.63) is 45.2 Å². The quantitative estimate of drug-likeness (QED) is 0.892. The predicted molar refractivity (Wildman–Crippen MR) is 102 cm³/mol. The molecule has 2 aliphatic rings. The molecule has 2 saturated heterocycles. The molecule has 0 saturated carbocycles. The van der Waals surface area contributed by atoms with Gasteiger partial charge in [-0.2, -0.15) is 0 Å². The lowest BCUT2D eigenvalue weighted by Crippen LogP contribution is -2.50. The monoisotopic (exact) mass is 340 g/mol. The van der Waals surface area contributed by atoms with Gasteiger partial charge in [-0.3, -0.25) is 14.6 Å². The Balaban J connectivity index is 1.48. The van der Waals surface area contributed by atoms with E-state index in [4.69, 9.17) is 0 Å². The molecule has 0 bridgehead atoms. The van der Waals surface area contributed by atoms with Crippen molar-refractivity contribution in [1.82, 2.24) is 20.1 Å². The molecule has 0 aliphatic carbocycles. The van der Waals surface area contributed by atoms with Crippen LogP contribution in [0.3, 0.4) is 0 Å². The number of hydrogen-bond donors (Lipinski definition) is 2. The van der Waals surface area contributed by atoms with Crippen LogP contribution in [0.1, 0.15) is 23.2 Å². The maximum atomic E-state index is 12.6. The van der Waals surface area contributed by atoms with E-state index in [1.807, 2.05) is 13.0 Å². The number of fused-ring (bicyclic) bond motifs is 1. The fraction of sp³-hybridized carbons (Fsp3) is 0.550.